The van der Waals surface area contributed by atoms with Gasteiger partial charge in [0.15, 0.2) is 0 Å². The lowest BCUT2D eigenvalue weighted by Crippen LogP contribution is -2.23. The van der Waals surface area contributed by atoms with Gasteiger partial charge in [0.05, 0.1) is 0 Å². The normalized spacial score (nSPS) is 27.2. The number of hydrogen-bond donors (Lipinski definition) is 1. The Bertz CT molecular complexity index is 428. The van der Waals surface area contributed by atoms with Crippen LogP contribution in [0.3, 0.4) is 0 Å². The zero-order valence-corrected chi connectivity index (χ0v) is 11.2. The van der Waals surface area contributed by atoms with Crippen LogP contribution in [-0.2, 0) is 5.41 Å². The molecule has 1 aromatic rings. The molecule has 1 heteroatoms. The Morgan fingerprint density at radius 1 is 1.12 bits per heavy atom. The first-order valence-corrected chi connectivity index (χ1v) is 6.97. The molecule has 2 aliphatic rings. The fourth-order valence-electron chi connectivity index (χ4n) is 3.34. The van der Waals surface area contributed by atoms with Crippen LogP contribution < -0.4 is 5.32 Å². The van der Waals surface area contributed by atoms with Gasteiger partial charge >= 0.3 is 0 Å². The Hall–Kier alpha value is -0.980. The van der Waals surface area contributed by atoms with Crippen molar-refractivity contribution < 1.29 is 0 Å². The second-order valence-electron chi connectivity index (χ2n) is 6.69. The Morgan fingerprint density at radius 2 is 1.88 bits per heavy atom. The van der Waals surface area contributed by atoms with Crippen LogP contribution in [0.2, 0.25) is 0 Å². The van der Waals surface area contributed by atoms with E-state index in [2.05, 4.69) is 44.3 Å². The molecule has 2 unspecified atom stereocenters. The van der Waals surface area contributed by atoms with Crippen LogP contribution in [0.15, 0.2) is 18.2 Å². The lowest BCUT2D eigenvalue weighted by molar-refractivity contribution is 0.421. The summed E-state index contributed by atoms with van der Waals surface area (Å²) in [5.41, 5.74) is 4.73. The van der Waals surface area contributed by atoms with Crippen LogP contribution in [0, 0.1) is 0 Å². The van der Waals surface area contributed by atoms with Crippen molar-refractivity contribution in [3.8, 4) is 0 Å². The number of nitrogens with one attached hydrogen (secondary N) is 1. The van der Waals surface area contributed by atoms with E-state index in [0.29, 0.717) is 6.04 Å². The van der Waals surface area contributed by atoms with Gasteiger partial charge in [-0.2, -0.15) is 0 Å². The molecular weight excluding hydrogens is 206 g/mol. The minimum atomic E-state index is 0.266. The molecule has 1 nitrogen and oxygen atoms in total. The third-order valence-electron chi connectivity index (χ3n) is 4.42. The molecule has 1 aliphatic heterocycles. The molecule has 0 amide bonds. The van der Waals surface area contributed by atoms with E-state index in [1.54, 1.807) is 5.56 Å². The van der Waals surface area contributed by atoms with Crippen LogP contribution in [0.4, 0.5) is 5.69 Å². The maximum absolute atomic E-state index is 3.72. The van der Waals surface area contributed by atoms with Crippen molar-refractivity contribution in [3.63, 3.8) is 0 Å². The van der Waals surface area contributed by atoms with Gasteiger partial charge in [-0.05, 0) is 35.4 Å². The molecule has 2 atom stereocenters. The van der Waals surface area contributed by atoms with Crippen molar-refractivity contribution in [3.05, 3.63) is 29.3 Å². The number of rotatable bonds is 0. The number of benzene rings is 1. The number of anilines is 1. The van der Waals surface area contributed by atoms with Crippen molar-refractivity contribution >= 4 is 5.69 Å². The summed E-state index contributed by atoms with van der Waals surface area (Å²) < 4.78 is 0. The highest BCUT2D eigenvalue weighted by atomic mass is 15.0. The van der Waals surface area contributed by atoms with Crippen molar-refractivity contribution in [2.24, 2.45) is 0 Å². The Kier molecular flexibility index (Phi) is 2.46. The maximum atomic E-state index is 3.72. The third-order valence-corrected chi connectivity index (χ3v) is 4.42. The predicted molar refractivity (Wildman–Crippen MR) is 73.8 cm³/mol. The fraction of sp³-hybridized carbons (Fsp3) is 0.625. The van der Waals surface area contributed by atoms with Gasteiger partial charge in [-0.3, -0.25) is 0 Å². The quantitative estimate of drug-likeness (QED) is 0.693. The lowest BCUT2D eigenvalue weighted by Gasteiger charge is -2.26. The molecule has 0 aromatic heterocycles. The van der Waals surface area contributed by atoms with E-state index in [9.17, 15) is 0 Å². The minimum absolute atomic E-state index is 0.266. The monoisotopic (exact) mass is 229 g/mol. The summed E-state index contributed by atoms with van der Waals surface area (Å²) >= 11 is 0. The highest BCUT2D eigenvalue weighted by molar-refractivity contribution is 5.61. The van der Waals surface area contributed by atoms with Gasteiger partial charge in [-0.15, -0.1) is 0 Å². The Labute approximate surface area is 105 Å². The minimum Gasteiger partial charge on any atom is -0.381 e. The predicted octanol–water partition coefficient (Wildman–Crippen LogP) is 4.44. The molecule has 0 bridgehead atoms. The molecule has 0 saturated heterocycles. The number of fused-ring (bicyclic) bond motifs is 3. The van der Waals surface area contributed by atoms with Gasteiger partial charge < -0.3 is 5.32 Å². The number of hydrogen-bond acceptors (Lipinski definition) is 1. The third kappa shape index (κ3) is 1.86. The Balaban J connectivity index is 1.99. The average molecular weight is 229 g/mol. The van der Waals surface area contributed by atoms with Gasteiger partial charge in [0.1, 0.15) is 0 Å². The standard InChI is InChI=1S/C16H23N/c1-16(2,3)11-8-9-15-13(10-11)12-6-4-5-7-14(12)17-15/h8-10,12,14,17H,4-7H2,1-3H3. The zero-order chi connectivity index (χ0) is 12.0. The second-order valence-corrected chi connectivity index (χ2v) is 6.69. The molecule has 3 rings (SSSR count). The summed E-state index contributed by atoms with van der Waals surface area (Å²) in [5, 5.41) is 3.72. The first-order valence-electron chi connectivity index (χ1n) is 6.97. The lowest BCUT2D eigenvalue weighted by atomic mass is 9.80. The molecular formula is C16H23N. The van der Waals surface area contributed by atoms with E-state index < -0.39 is 0 Å². The van der Waals surface area contributed by atoms with Crippen LogP contribution in [0.25, 0.3) is 0 Å². The molecule has 1 saturated carbocycles. The summed E-state index contributed by atoms with van der Waals surface area (Å²) in [5.74, 6) is 0.779. The Morgan fingerprint density at radius 3 is 2.65 bits per heavy atom. The summed E-state index contributed by atoms with van der Waals surface area (Å²) in [4.78, 5) is 0. The molecule has 1 aromatic carbocycles. The van der Waals surface area contributed by atoms with Gasteiger partial charge in [0.25, 0.3) is 0 Å². The molecule has 0 spiro atoms. The van der Waals surface area contributed by atoms with Crippen molar-refractivity contribution in [2.45, 2.75) is 63.8 Å². The van der Waals surface area contributed by atoms with Crippen molar-refractivity contribution in [1.29, 1.82) is 0 Å². The summed E-state index contributed by atoms with van der Waals surface area (Å²) in [7, 11) is 0. The summed E-state index contributed by atoms with van der Waals surface area (Å²) in [6.07, 6.45) is 5.53. The van der Waals surface area contributed by atoms with E-state index in [-0.39, 0.29) is 5.41 Å². The van der Waals surface area contributed by atoms with E-state index in [1.807, 2.05) is 0 Å². The molecule has 92 valence electrons. The topological polar surface area (TPSA) is 12.0 Å². The molecule has 1 N–H and O–H groups in total. The van der Waals surface area contributed by atoms with Crippen LogP contribution in [-0.4, -0.2) is 6.04 Å². The van der Waals surface area contributed by atoms with Gasteiger partial charge in [0, 0.05) is 17.6 Å². The molecule has 0 radical (unpaired) electrons. The van der Waals surface area contributed by atoms with Crippen molar-refractivity contribution in [2.75, 3.05) is 5.32 Å². The smallest absolute Gasteiger partial charge is 0.0378 e. The highest BCUT2D eigenvalue weighted by Crippen LogP contribution is 2.44. The summed E-state index contributed by atoms with van der Waals surface area (Å²) in [6, 6.07) is 7.77. The fourth-order valence-corrected chi connectivity index (χ4v) is 3.34. The molecule has 1 heterocycles. The van der Waals surface area contributed by atoms with Gasteiger partial charge in [-0.1, -0.05) is 45.7 Å². The van der Waals surface area contributed by atoms with Crippen LogP contribution >= 0.6 is 0 Å². The van der Waals surface area contributed by atoms with E-state index in [1.165, 1.54) is 36.9 Å². The van der Waals surface area contributed by atoms with Crippen LogP contribution in [0.1, 0.15) is 63.5 Å². The molecule has 1 aliphatic carbocycles. The second kappa shape index (κ2) is 3.76. The molecule has 17 heavy (non-hydrogen) atoms. The van der Waals surface area contributed by atoms with E-state index in [0.717, 1.165) is 5.92 Å². The largest absolute Gasteiger partial charge is 0.381 e. The first kappa shape index (κ1) is 11.1. The van der Waals surface area contributed by atoms with Gasteiger partial charge in [0.2, 0.25) is 0 Å². The average Bonchev–Trinajstić information content (AvgIpc) is 2.65. The maximum Gasteiger partial charge on any atom is 0.0378 e. The van der Waals surface area contributed by atoms with Crippen molar-refractivity contribution in [1.82, 2.24) is 0 Å². The van der Waals surface area contributed by atoms with Crippen LogP contribution in [0.5, 0.6) is 0 Å². The van der Waals surface area contributed by atoms with Gasteiger partial charge in [-0.25, -0.2) is 0 Å². The highest BCUT2D eigenvalue weighted by Gasteiger charge is 2.34. The first-order chi connectivity index (χ1) is 8.05. The van der Waals surface area contributed by atoms with E-state index in [4.69, 9.17) is 0 Å². The SMILES string of the molecule is CC(C)(C)c1ccc2c(c1)C1CCCCC1N2. The molecule has 1 fully saturated rings. The van der Waals surface area contributed by atoms with E-state index >= 15 is 0 Å². The summed E-state index contributed by atoms with van der Waals surface area (Å²) in [6.45, 7) is 6.90. The zero-order valence-electron chi connectivity index (χ0n) is 11.2.